The molecule has 0 spiro atoms. The van der Waals surface area contributed by atoms with Gasteiger partial charge in [-0.25, -0.2) is 72.5 Å². The van der Waals surface area contributed by atoms with Crippen molar-refractivity contribution >= 4 is 170 Å². The van der Waals surface area contributed by atoms with E-state index in [-0.39, 0.29) is 147 Å². The van der Waals surface area contributed by atoms with Crippen LogP contribution in [0.4, 0.5) is 11.5 Å². The number of nitrogens with zero attached hydrogens (tertiary/aromatic N) is 15. The van der Waals surface area contributed by atoms with Gasteiger partial charge in [-0.1, -0.05) is 138 Å². The number of pyridine rings is 4. The monoisotopic (exact) mass is 2090 g/mol. The number of ketones is 1. The van der Waals surface area contributed by atoms with Crippen LogP contribution in [-0.4, -0.2) is 229 Å². The molecule has 0 aliphatic carbocycles. The summed E-state index contributed by atoms with van der Waals surface area (Å²) < 4.78 is 78.5. The number of ether oxygens (including phenoxy) is 7. The number of para-hydroxylation sites is 7. The standard InChI is InChI=1S/C18H17N3O5S.C18H17N3O4S.C18H19N3O3S.C18H17N3O3S.C17H15N3O3S.C9H11NO2.CH3.BrH.Mg/c1-4-26-17(23)14-11(2)21(12-8-6-5-7-9-12)16-13(15(14)22)10-19-18(20-16)27(3,24)25;1-4-25-17(23)14-11(2)21(12-8-6-5-7-9-12)16-13(15(14)22)10-19-18(20-16)26(3)24;2*1-4-24-17(23)14-11(2)21(12-8-6-5-7-9-12)16-13(15(14)22)10-19-18(20-16)25-3;1-3-23-16(22)13-10-20(11-7-5-4-6-8-11)15-12(14(13)21)9-18-17(19-15)24-2;10-5-7-6-11-8-3-1-2-4-9(8)12-7;;;/h5-10H,4H2,1-3H3;5-10H,4H2,1-3H3;5-11,14H,4H2,1-3H3;5-10H,4H2,1-3H3;4-10H,3H2,1-2H3;1-4,7H,5-6,10H2;1H3;1H;/q;;;;;;-1;;+2/p-1/t;;;;;7-;;;/m.....0.../s1. The molecule has 43 heteroatoms. The molecular weight excluding hydrogens is 2000 g/mol. The number of carbonyl (C=O) groups excluding carboxylic acids is 6. The Morgan fingerprint density at radius 3 is 1.26 bits per heavy atom. The van der Waals surface area contributed by atoms with Crippen LogP contribution in [0.5, 0.6) is 11.5 Å². The molecule has 2 aliphatic rings. The maximum absolute atomic E-state index is 12.9. The van der Waals surface area contributed by atoms with Gasteiger partial charge >= 0.3 is 52.9 Å². The molecule has 36 nitrogen and oxygen atoms in total. The third-order valence-electron chi connectivity index (χ3n) is 21.1. The number of sulfone groups is 1. The van der Waals surface area contributed by atoms with Gasteiger partial charge in [-0.3, -0.25) is 46.7 Å². The molecule has 6 aromatic carbocycles. The maximum atomic E-state index is 12.9. The van der Waals surface area contributed by atoms with Crippen LogP contribution in [0.1, 0.15) is 110 Å². The molecule has 2 aliphatic heterocycles. The van der Waals surface area contributed by atoms with Crippen LogP contribution in [0.3, 0.4) is 0 Å². The molecule has 0 saturated carbocycles. The van der Waals surface area contributed by atoms with Gasteiger partial charge in [-0.15, -0.1) is 0 Å². The van der Waals surface area contributed by atoms with Gasteiger partial charge in [0.25, 0.3) is 0 Å². The number of Topliss-reactive ketones (excluding diaryl/α,β-unsaturated/α-hetero) is 1. The Kier molecular flexibility index (Phi) is 40.7. The summed E-state index contributed by atoms with van der Waals surface area (Å²) in [5.41, 5.74) is 9.96. The van der Waals surface area contributed by atoms with Crippen LogP contribution in [0.15, 0.2) is 258 Å². The SMILES string of the molecule is CCOC(=O)C1C(=O)c2cnc(SC)nc2N(c2ccccc2)C1C.CCOC(=O)c1c(C)n(-c2ccccc2)c2nc(S(C)(=O)=O)ncc2c1=O.CCOC(=O)c1c(C)n(-c2ccccc2)c2nc(S(C)=O)ncc2c1=O.CCOC(=O)c1c(C)n(-c2ccccc2)c2nc(SC)ncc2c1=O.CCOC(=O)c1cn(-c2ccccc2)c2nc(SC)ncc2c1=O.NC[C@H]1COc2ccccc2O1.[Br-].[CH3-].[Mg+2]. The van der Waals surface area contributed by atoms with E-state index in [1.54, 1.807) is 97.9 Å². The summed E-state index contributed by atoms with van der Waals surface area (Å²) in [5.74, 6) is -2.31. The Hall–Kier alpha value is -13.7. The van der Waals surface area contributed by atoms with Crippen molar-refractivity contribution in [2.45, 2.75) is 100 Å². The molecule has 4 atom stereocenters. The second kappa shape index (κ2) is 51.7. The first-order valence-corrected chi connectivity index (χ1v) is 50.3. The Morgan fingerprint density at radius 1 is 0.472 bits per heavy atom. The number of rotatable bonds is 21. The topological polar surface area (TPSA) is 464 Å². The van der Waals surface area contributed by atoms with Crippen molar-refractivity contribution in [3.63, 3.8) is 0 Å². The van der Waals surface area contributed by atoms with Crippen molar-refractivity contribution in [1.82, 2.24) is 68.1 Å². The predicted molar refractivity (Wildman–Crippen MR) is 541 cm³/mol. The quantitative estimate of drug-likeness (QED) is 0.0133. The van der Waals surface area contributed by atoms with Crippen LogP contribution in [0, 0.1) is 34.1 Å². The molecule has 2 N–H and O–H groups in total. The van der Waals surface area contributed by atoms with Gasteiger partial charge in [0.15, 0.2) is 55.3 Å². The summed E-state index contributed by atoms with van der Waals surface area (Å²) in [6.45, 7) is 17.2. The van der Waals surface area contributed by atoms with Crippen molar-refractivity contribution < 1.29 is 91.5 Å². The number of thioether (sulfide) groups is 3. The minimum Gasteiger partial charge on any atom is -1.00 e. The number of benzene rings is 6. The number of esters is 5. The molecule has 3 unspecified atom stereocenters. The Bertz CT molecular complexity index is 7540. The number of hydrogen-bond acceptors (Lipinski definition) is 35. The Balaban J connectivity index is 0.000000191. The number of nitrogens with two attached hydrogens (primary N) is 1. The summed E-state index contributed by atoms with van der Waals surface area (Å²) >= 11 is 4.18. The van der Waals surface area contributed by atoms with E-state index in [9.17, 15) is 60.6 Å². The van der Waals surface area contributed by atoms with Gasteiger partial charge in [-0.05, 0) is 154 Å². The molecule has 0 saturated heterocycles. The first-order chi connectivity index (χ1) is 66.9. The zero-order valence-corrected chi connectivity index (χ0v) is 87.0. The van der Waals surface area contributed by atoms with E-state index in [0.717, 1.165) is 41.0 Å². The first kappa shape index (κ1) is 112. The Labute approximate surface area is 858 Å². The molecule has 0 radical (unpaired) electrons. The number of fused-ring (bicyclic) bond motifs is 6. The molecule has 0 fully saturated rings. The predicted octanol–water partition coefficient (Wildman–Crippen LogP) is 10.3. The number of halogens is 1. The van der Waals surface area contributed by atoms with Crippen LogP contribution in [-0.2, 0) is 49.1 Å². The summed E-state index contributed by atoms with van der Waals surface area (Å²) in [4.78, 5) is 170. The van der Waals surface area contributed by atoms with Crippen LogP contribution in [0.2, 0.25) is 0 Å². The average molecular weight is 2100 g/mol. The van der Waals surface area contributed by atoms with Crippen molar-refractivity contribution in [2.24, 2.45) is 11.7 Å². The molecule has 9 aromatic heterocycles. The average Bonchev–Trinajstić information content (AvgIpc) is 0.766. The van der Waals surface area contributed by atoms with Crippen LogP contribution in [0.25, 0.3) is 66.9 Å². The molecular formula is C99H99BrMgN16O20S5. The number of anilines is 2. The smallest absolute Gasteiger partial charge is 1.00 e. The van der Waals surface area contributed by atoms with E-state index in [1.165, 1.54) is 72.5 Å². The molecule has 11 heterocycles. The fraction of sp³-hybridized carbons (Fsp3) is 0.242. The van der Waals surface area contributed by atoms with Crippen LogP contribution >= 0.6 is 35.3 Å². The number of hydrogen-bond donors (Lipinski definition) is 1. The van der Waals surface area contributed by atoms with Gasteiger partial charge < -0.3 is 72.8 Å². The van der Waals surface area contributed by atoms with E-state index in [4.69, 9.17) is 38.9 Å². The van der Waals surface area contributed by atoms with E-state index in [1.807, 2.05) is 182 Å². The third-order valence-corrected chi connectivity index (χ3v) is 24.3. The molecule has 15 aromatic rings. The molecule has 0 bridgehead atoms. The Morgan fingerprint density at radius 2 is 0.838 bits per heavy atom. The van der Waals surface area contributed by atoms with Crippen molar-refractivity contribution in [3.05, 3.63) is 306 Å². The zero-order chi connectivity index (χ0) is 100. The van der Waals surface area contributed by atoms with E-state index in [0.29, 0.717) is 85.4 Å². The second-order valence-corrected chi connectivity index (χ2v) is 35.4. The van der Waals surface area contributed by atoms with Crippen molar-refractivity contribution in [2.75, 3.05) is 82.4 Å². The van der Waals surface area contributed by atoms with Crippen molar-refractivity contribution in [3.8, 4) is 34.2 Å². The number of aromatic nitrogens is 14. The van der Waals surface area contributed by atoms with Gasteiger partial charge in [-0.2, -0.15) is 4.98 Å². The minimum atomic E-state index is -3.68. The molecule has 734 valence electrons. The summed E-state index contributed by atoms with van der Waals surface area (Å²) in [6.07, 6.45) is 16.4. The molecule has 17 rings (SSSR count). The first-order valence-electron chi connectivity index (χ1n) is 43.2. The van der Waals surface area contributed by atoms with Gasteiger partial charge in [0.2, 0.25) is 41.9 Å². The zero-order valence-electron chi connectivity index (χ0n) is 80.0. The summed E-state index contributed by atoms with van der Waals surface area (Å²) in [6, 6.07) is 53.7. The number of carbonyl (C=O) groups is 6. The van der Waals surface area contributed by atoms with Crippen molar-refractivity contribution in [1.29, 1.82) is 0 Å². The minimum absolute atomic E-state index is 0. The maximum Gasteiger partial charge on any atom is 2.00 e. The third kappa shape index (κ3) is 25.3. The van der Waals surface area contributed by atoms with E-state index < -0.39 is 89.3 Å². The largest absolute Gasteiger partial charge is 2.00 e. The second-order valence-electron chi connectivity index (χ2n) is 29.9. The fourth-order valence-electron chi connectivity index (χ4n) is 14.7. The van der Waals surface area contributed by atoms with Gasteiger partial charge in [0.05, 0.1) is 77.0 Å². The van der Waals surface area contributed by atoms with Gasteiger partial charge in [0.1, 0.15) is 46.7 Å². The normalized spacial score (nSPS) is 13.3. The van der Waals surface area contributed by atoms with E-state index in [2.05, 4.69) is 49.8 Å². The summed E-state index contributed by atoms with van der Waals surface area (Å²) in [7, 11) is -5.09. The molecule has 142 heavy (non-hydrogen) atoms. The van der Waals surface area contributed by atoms with E-state index >= 15 is 0 Å². The van der Waals surface area contributed by atoms with Gasteiger partial charge in [0, 0.05) is 102 Å². The van der Waals surface area contributed by atoms with Crippen LogP contribution < -0.4 is 58.8 Å². The molecule has 0 amide bonds. The summed E-state index contributed by atoms with van der Waals surface area (Å²) in [5, 5.41) is 2.16. The fourth-order valence-corrected chi connectivity index (χ4v) is 16.7.